The van der Waals surface area contributed by atoms with Gasteiger partial charge in [-0.1, -0.05) is 6.42 Å². The Labute approximate surface area is 127 Å². The molecule has 2 saturated heterocycles. The fraction of sp³-hybridized carbons (Fsp3) is 0.562. The molecule has 0 amide bonds. The smallest absolute Gasteiger partial charge is 0.169 e. The van der Waals surface area contributed by atoms with Crippen molar-refractivity contribution in [2.75, 3.05) is 7.11 Å². The number of ether oxygens (including phenoxy) is 1. The second kappa shape index (κ2) is 5.95. The molecule has 2 unspecified atom stereocenters. The van der Waals surface area contributed by atoms with Crippen molar-refractivity contribution in [2.24, 2.45) is 5.92 Å². The minimum absolute atomic E-state index is 0.0969. The quantitative estimate of drug-likeness (QED) is 0.782. The van der Waals surface area contributed by atoms with Gasteiger partial charge in [0, 0.05) is 22.5 Å². The summed E-state index contributed by atoms with van der Waals surface area (Å²) in [6, 6.07) is 1.94. The van der Waals surface area contributed by atoms with Crippen molar-refractivity contribution < 1.29 is 18.3 Å². The summed E-state index contributed by atoms with van der Waals surface area (Å²) < 4.78 is 31.8. The van der Waals surface area contributed by atoms with Crippen molar-refractivity contribution in [3.05, 3.63) is 29.3 Å². The number of ketones is 1. The summed E-state index contributed by atoms with van der Waals surface area (Å²) in [5.41, 5.74) is 0.173. The third-order valence-electron chi connectivity index (χ3n) is 4.41. The molecule has 2 aliphatic rings. The summed E-state index contributed by atoms with van der Waals surface area (Å²) in [7, 11) is 1.37. The lowest BCUT2D eigenvalue weighted by Gasteiger charge is -2.38. The van der Waals surface area contributed by atoms with Gasteiger partial charge in [0.15, 0.2) is 17.4 Å². The van der Waals surface area contributed by atoms with Crippen molar-refractivity contribution in [3.63, 3.8) is 0 Å². The Bertz CT molecular complexity index is 549. The van der Waals surface area contributed by atoms with Crippen LogP contribution in [0.3, 0.4) is 0 Å². The normalized spacial score (nSPS) is 28.2. The summed E-state index contributed by atoms with van der Waals surface area (Å²) in [5, 5.41) is 1.06. The molecular formula is C16H18F2O2S. The Kier molecular flexibility index (Phi) is 4.20. The first kappa shape index (κ1) is 14.8. The number of rotatable bonds is 3. The van der Waals surface area contributed by atoms with Crippen LogP contribution in [0, 0.1) is 17.6 Å². The number of Topliss-reactive ketones (excluding diaryl/α,β-unsaturated/α-hetero) is 1. The van der Waals surface area contributed by atoms with Gasteiger partial charge in [0.1, 0.15) is 5.75 Å². The molecule has 2 bridgehead atoms. The Morgan fingerprint density at radius 2 is 1.81 bits per heavy atom. The summed E-state index contributed by atoms with van der Waals surface area (Å²) in [5.74, 6) is -2.06. The highest BCUT2D eigenvalue weighted by molar-refractivity contribution is 8.00. The zero-order valence-corrected chi connectivity index (χ0v) is 12.7. The largest absolute Gasteiger partial charge is 0.496 e. The van der Waals surface area contributed by atoms with E-state index in [1.165, 1.54) is 13.5 Å². The molecule has 0 N–H and O–H groups in total. The van der Waals surface area contributed by atoms with Crippen molar-refractivity contribution in [2.45, 2.75) is 42.6 Å². The van der Waals surface area contributed by atoms with E-state index in [2.05, 4.69) is 0 Å². The van der Waals surface area contributed by atoms with E-state index in [0.717, 1.165) is 37.8 Å². The van der Waals surface area contributed by atoms with E-state index in [4.69, 9.17) is 4.74 Å². The molecule has 5 heteroatoms. The van der Waals surface area contributed by atoms with Gasteiger partial charge in [-0.25, -0.2) is 8.78 Å². The first-order chi connectivity index (χ1) is 10.1. The van der Waals surface area contributed by atoms with Crippen LogP contribution in [0.1, 0.15) is 42.5 Å². The zero-order chi connectivity index (χ0) is 15.0. The highest BCUT2D eigenvalue weighted by Gasteiger charge is 2.36. The Morgan fingerprint density at radius 1 is 1.19 bits per heavy atom. The second-order valence-corrected chi connectivity index (χ2v) is 7.42. The van der Waals surface area contributed by atoms with Gasteiger partial charge >= 0.3 is 0 Å². The van der Waals surface area contributed by atoms with Crippen LogP contribution in [0.4, 0.5) is 8.78 Å². The maximum Gasteiger partial charge on any atom is 0.169 e. The number of halogens is 2. The number of thioether (sulfide) groups is 1. The van der Waals surface area contributed by atoms with Crippen LogP contribution in [0.15, 0.2) is 12.1 Å². The van der Waals surface area contributed by atoms with Crippen LogP contribution in [0.2, 0.25) is 0 Å². The van der Waals surface area contributed by atoms with Crippen LogP contribution in [-0.4, -0.2) is 23.4 Å². The van der Waals surface area contributed by atoms with E-state index in [9.17, 15) is 13.6 Å². The Balaban J connectivity index is 1.86. The molecule has 0 spiro atoms. The van der Waals surface area contributed by atoms with Crippen LogP contribution >= 0.6 is 11.8 Å². The standard InChI is InChI=1S/C16H18F2O2S/c1-20-15-8-14(18)13(17)7-12(15)16(19)9-5-10-3-2-4-11(6-9)21-10/h7-11H,2-6H2,1H3. The molecule has 0 aromatic heterocycles. The molecule has 2 heterocycles. The van der Waals surface area contributed by atoms with Crippen LogP contribution in [-0.2, 0) is 0 Å². The van der Waals surface area contributed by atoms with E-state index < -0.39 is 11.6 Å². The molecule has 3 rings (SSSR count). The Morgan fingerprint density at radius 3 is 2.43 bits per heavy atom. The highest BCUT2D eigenvalue weighted by atomic mass is 32.2. The molecule has 2 atom stereocenters. The lowest BCUT2D eigenvalue weighted by atomic mass is 9.84. The van der Waals surface area contributed by atoms with Gasteiger partial charge in [-0.3, -0.25) is 4.79 Å². The zero-order valence-electron chi connectivity index (χ0n) is 11.9. The SMILES string of the molecule is COc1cc(F)c(F)cc1C(=O)C1CC2CCCC(C1)S2. The van der Waals surface area contributed by atoms with E-state index in [-0.39, 0.29) is 23.0 Å². The number of methoxy groups -OCH3 is 1. The first-order valence-corrected chi connectivity index (χ1v) is 8.25. The topological polar surface area (TPSA) is 26.3 Å². The van der Waals surface area contributed by atoms with Gasteiger partial charge < -0.3 is 4.74 Å². The minimum Gasteiger partial charge on any atom is -0.496 e. The lowest BCUT2D eigenvalue weighted by Crippen LogP contribution is -2.33. The summed E-state index contributed by atoms with van der Waals surface area (Å²) in [6.07, 6.45) is 5.21. The van der Waals surface area contributed by atoms with Gasteiger partial charge in [-0.05, 0) is 31.7 Å². The predicted molar refractivity (Wildman–Crippen MR) is 79.0 cm³/mol. The monoisotopic (exact) mass is 312 g/mol. The third kappa shape index (κ3) is 2.93. The van der Waals surface area contributed by atoms with E-state index in [1.54, 1.807) is 0 Å². The maximum atomic E-state index is 13.5. The molecule has 0 aliphatic carbocycles. The van der Waals surface area contributed by atoms with Gasteiger partial charge in [0.2, 0.25) is 0 Å². The fourth-order valence-electron chi connectivity index (χ4n) is 3.38. The van der Waals surface area contributed by atoms with Gasteiger partial charge in [-0.15, -0.1) is 0 Å². The number of carbonyl (C=O) groups excluding carboxylic acids is 1. The van der Waals surface area contributed by atoms with E-state index in [1.807, 2.05) is 11.8 Å². The van der Waals surface area contributed by atoms with E-state index in [0.29, 0.717) is 10.5 Å². The molecule has 21 heavy (non-hydrogen) atoms. The number of hydrogen-bond acceptors (Lipinski definition) is 3. The molecule has 1 aromatic carbocycles. The molecule has 0 radical (unpaired) electrons. The fourth-order valence-corrected chi connectivity index (χ4v) is 5.22. The molecule has 2 nitrogen and oxygen atoms in total. The highest BCUT2D eigenvalue weighted by Crippen LogP contribution is 2.45. The number of benzene rings is 1. The van der Waals surface area contributed by atoms with Gasteiger partial charge in [-0.2, -0.15) is 11.8 Å². The first-order valence-electron chi connectivity index (χ1n) is 7.31. The lowest BCUT2D eigenvalue weighted by molar-refractivity contribution is 0.0893. The molecule has 2 aliphatic heterocycles. The average molecular weight is 312 g/mol. The average Bonchev–Trinajstić information content (AvgIpc) is 2.48. The van der Waals surface area contributed by atoms with Crippen molar-refractivity contribution >= 4 is 17.5 Å². The number of carbonyl (C=O) groups is 1. The summed E-state index contributed by atoms with van der Waals surface area (Å²) in [4.78, 5) is 12.7. The van der Waals surface area contributed by atoms with Crippen molar-refractivity contribution in [1.82, 2.24) is 0 Å². The summed E-state index contributed by atoms with van der Waals surface area (Å²) >= 11 is 1.99. The number of fused-ring (bicyclic) bond motifs is 2. The van der Waals surface area contributed by atoms with Gasteiger partial charge in [0.25, 0.3) is 0 Å². The second-order valence-electron chi connectivity index (χ2n) is 5.81. The molecule has 2 fully saturated rings. The van der Waals surface area contributed by atoms with E-state index >= 15 is 0 Å². The maximum absolute atomic E-state index is 13.5. The van der Waals surface area contributed by atoms with Crippen molar-refractivity contribution in [1.29, 1.82) is 0 Å². The Hall–Kier alpha value is -1.10. The molecule has 114 valence electrons. The summed E-state index contributed by atoms with van der Waals surface area (Å²) in [6.45, 7) is 0. The predicted octanol–water partition coefficient (Wildman–Crippen LogP) is 4.22. The minimum atomic E-state index is -0.996. The third-order valence-corrected chi connectivity index (χ3v) is 6.04. The molecule has 1 aromatic rings. The molecule has 0 saturated carbocycles. The van der Waals surface area contributed by atoms with Gasteiger partial charge in [0.05, 0.1) is 12.7 Å². The van der Waals surface area contributed by atoms with Crippen molar-refractivity contribution in [3.8, 4) is 5.75 Å². The number of hydrogen-bond donors (Lipinski definition) is 0. The van der Waals surface area contributed by atoms with Crippen LogP contribution < -0.4 is 4.74 Å². The van der Waals surface area contributed by atoms with Crippen LogP contribution in [0.5, 0.6) is 5.75 Å². The molecular weight excluding hydrogens is 294 g/mol. The van der Waals surface area contributed by atoms with Crippen LogP contribution in [0.25, 0.3) is 0 Å².